The van der Waals surface area contributed by atoms with E-state index in [2.05, 4.69) is 11.3 Å². The maximum Gasteiger partial charge on any atom is 0.344 e. The van der Waals surface area contributed by atoms with Gasteiger partial charge in [-0.3, -0.25) is 0 Å². The van der Waals surface area contributed by atoms with Gasteiger partial charge in [-0.05, 0) is 56.9 Å². The average molecular weight is 378 g/mol. The molecule has 0 heterocycles. The van der Waals surface area contributed by atoms with E-state index in [-0.39, 0.29) is 5.97 Å². The first-order valence-corrected chi connectivity index (χ1v) is 8.73. The van der Waals surface area contributed by atoms with E-state index in [0.717, 1.165) is 25.7 Å². The highest BCUT2D eigenvalue weighted by atomic mass is 16.6. The summed E-state index contributed by atoms with van der Waals surface area (Å²) in [6.45, 7) is 5.68. The minimum atomic E-state index is -0.614. The SMILES string of the molecule is C=C(C)C(=O)OCCCCCCOc1ccc(C(=O)OCC(=O)OC)cc1. The summed E-state index contributed by atoms with van der Waals surface area (Å²) in [6.07, 6.45) is 3.58. The lowest BCUT2D eigenvalue weighted by molar-refractivity contribution is -0.144. The quantitative estimate of drug-likeness (QED) is 0.239. The number of rotatable bonds is 12. The van der Waals surface area contributed by atoms with Crippen molar-refractivity contribution in [3.05, 3.63) is 42.0 Å². The highest BCUT2D eigenvalue weighted by Crippen LogP contribution is 2.14. The molecule has 0 aliphatic rings. The summed E-state index contributed by atoms with van der Waals surface area (Å²) in [5.41, 5.74) is 0.738. The number of carbonyl (C=O) groups is 3. The van der Waals surface area contributed by atoms with Crippen LogP contribution in [0.3, 0.4) is 0 Å². The topological polar surface area (TPSA) is 88.1 Å². The zero-order chi connectivity index (χ0) is 20.1. The molecule has 0 aromatic heterocycles. The number of unbranched alkanes of at least 4 members (excludes halogenated alkanes) is 3. The third-order valence-corrected chi connectivity index (χ3v) is 3.53. The van der Waals surface area contributed by atoms with Crippen molar-refractivity contribution < 1.29 is 33.3 Å². The van der Waals surface area contributed by atoms with Crippen molar-refractivity contribution in [2.45, 2.75) is 32.6 Å². The largest absolute Gasteiger partial charge is 0.494 e. The molecule has 0 bridgehead atoms. The number of hydrogen-bond acceptors (Lipinski definition) is 7. The van der Waals surface area contributed by atoms with Crippen molar-refractivity contribution in [1.29, 1.82) is 0 Å². The zero-order valence-corrected chi connectivity index (χ0v) is 15.8. The van der Waals surface area contributed by atoms with E-state index in [1.807, 2.05) is 0 Å². The Kier molecular flexibility index (Phi) is 10.3. The van der Waals surface area contributed by atoms with Gasteiger partial charge in [-0.15, -0.1) is 0 Å². The third kappa shape index (κ3) is 9.44. The van der Waals surface area contributed by atoms with Crippen LogP contribution in [0.5, 0.6) is 5.75 Å². The smallest absolute Gasteiger partial charge is 0.344 e. The monoisotopic (exact) mass is 378 g/mol. The van der Waals surface area contributed by atoms with Crippen LogP contribution in [0.1, 0.15) is 43.0 Å². The van der Waals surface area contributed by atoms with Gasteiger partial charge in [0.15, 0.2) is 6.61 Å². The fourth-order valence-electron chi connectivity index (χ4n) is 1.99. The highest BCUT2D eigenvalue weighted by Gasteiger charge is 2.10. The first-order valence-electron chi connectivity index (χ1n) is 8.73. The summed E-state index contributed by atoms with van der Waals surface area (Å²) in [4.78, 5) is 33.9. The number of esters is 3. The molecule has 1 rings (SSSR count). The van der Waals surface area contributed by atoms with Crippen LogP contribution in [-0.2, 0) is 23.8 Å². The maximum absolute atomic E-state index is 11.7. The normalized spacial score (nSPS) is 10.0. The summed E-state index contributed by atoms with van der Waals surface area (Å²) in [5.74, 6) is -0.914. The van der Waals surface area contributed by atoms with Crippen LogP contribution < -0.4 is 4.74 Å². The molecule has 148 valence electrons. The molecule has 7 heteroatoms. The first-order chi connectivity index (χ1) is 12.9. The minimum Gasteiger partial charge on any atom is -0.494 e. The van der Waals surface area contributed by atoms with Gasteiger partial charge in [0.05, 0.1) is 25.9 Å². The Morgan fingerprint density at radius 1 is 0.926 bits per heavy atom. The Labute approximate surface area is 159 Å². The molecular formula is C20H26O7. The summed E-state index contributed by atoms with van der Waals surface area (Å²) in [7, 11) is 1.22. The number of benzene rings is 1. The van der Waals surface area contributed by atoms with Crippen molar-refractivity contribution in [1.82, 2.24) is 0 Å². The summed E-state index contributed by atoms with van der Waals surface area (Å²) >= 11 is 0. The molecule has 27 heavy (non-hydrogen) atoms. The Morgan fingerprint density at radius 3 is 2.15 bits per heavy atom. The predicted molar refractivity (Wildman–Crippen MR) is 98.5 cm³/mol. The molecule has 1 aromatic carbocycles. The van der Waals surface area contributed by atoms with Crippen LogP contribution in [0.2, 0.25) is 0 Å². The molecule has 0 aliphatic carbocycles. The number of methoxy groups -OCH3 is 1. The second-order valence-corrected chi connectivity index (χ2v) is 5.86. The number of carbonyl (C=O) groups excluding carboxylic acids is 3. The lowest BCUT2D eigenvalue weighted by atomic mass is 10.2. The number of hydrogen-bond donors (Lipinski definition) is 0. The Balaban J connectivity index is 2.15. The van der Waals surface area contributed by atoms with E-state index in [0.29, 0.717) is 30.1 Å². The standard InChI is InChI=1S/C20H26O7/c1-15(2)19(22)26-13-7-5-4-6-12-25-17-10-8-16(9-11-17)20(23)27-14-18(21)24-3/h8-11H,1,4-7,12-14H2,2-3H3. The molecule has 0 atom stereocenters. The fraction of sp³-hybridized carbons (Fsp3) is 0.450. The van der Waals surface area contributed by atoms with Crippen molar-refractivity contribution in [3.8, 4) is 5.75 Å². The lowest BCUT2D eigenvalue weighted by Crippen LogP contribution is -2.15. The van der Waals surface area contributed by atoms with Gasteiger partial charge in [-0.2, -0.15) is 0 Å². The molecule has 0 unspecified atom stereocenters. The maximum atomic E-state index is 11.7. The van der Waals surface area contributed by atoms with Crippen molar-refractivity contribution >= 4 is 17.9 Å². The summed E-state index contributed by atoms with van der Waals surface area (Å²) in [5, 5.41) is 0. The molecule has 0 aliphatic heterocycles. The molecule has 0 saturated carbocycles. The fourth-order valence-corrected chi connectivity index (χ4v) is 1.99. The van der Waals surface area contributed by atoms with Gasteiger partial charge in [-0.25, -0.2) is 14.4 Å². The van der Waals surface area contributed by atoms with Gasteiger partial charge in [-0.1, -0.05) is 6.58 Å². The van der Waals surface area contributed by atoms with Crippen LogP contribution >= 0.6 is 0 Å². The van der Waals surface area contributed by atoms with Gasteiger partial charge < -0.3 is 18.9 Å². The van der Waals surface area contributed by atoms with Gasteiger partial charge in [0.25, 0.3) is 0 Å². The Hall–Kier alpha value is -2.83. The minimum absolute atomic E-state index is 0.329. The van der Waals surface area contributed by atoms with E-state index < -0.39 is 18.5 Å². The van der Waals surface area contributed by atoms with E-state index in [9.17, 15) is 14.4 Å². The van der Waals surface area contributed by atoms with E-state index >= 15 is 0 Å². The molecular weight excluding hydrogens is 352 g/mol. The van der Waals surface area contributed by atoms with Crippen molar-refractivity contribution in [2.24, 2.45) is 0 Å². The predicted octanol–water partition coefficient (Wildman–Crippen LogP) is 3.07. The number of ether oxygens (including phenoxy) is 4. The second kappa shape index (κ2) is 12.5. The van der Waals surface area contributed by atoms with E-state index in [1.54, 1.807) is 31.2 Å². The molecule has 7 nitrogen and oxygen atoms in total. The molecule has 0 radical (unpaired) electrons. The molecule has 0 N–H and O–H groups in total. The van der Waals surface area contributed by atoms with Crippen molar-refractivity contribution in [2.75, 3.05) is 26.9 Å². The van der Waals surface area contributed by atoms with Crippen LogP contribution in [-0.4, -0.2) is 44.8 Å². The van der Waals surface area contributed by atoms with Crippen LogP contribution in [0.25, 0.3) is 0 Å². The van der Waals surface area contributed by atoms with Gasteiger partial charge in [0.2, 0.25) is 0 Å². The van der Waals surface area contributed by atoms with Gasteiger partial charge in [0, 0.05) is 5.57 Å². The van der Waals surface area contributed by atoms with Crippen LogP contribution in [0.4, 0.5) is 0 Å². The highest BCUT2D eigenvalue weighted by molar-refractivity contribution is 5.90. The molecule has 0 fully saturated rings. The van der Waals surface area contributed by atoms with Gasteiger partial charge in [0.1, 0.15) is 5.75 Å². The van der Waals surface area contributed by atoms with E-state index in [4.69, 9.17) is 14.2 Å². The average Bonchev–Trinajstić information content (AvgIpc) is 2.67. The zero-order valence-electron chi connectivity index (χ0n) is 15.8. The molecule has 0 saturated heterocycles. The Morgan fingerprint density at radius 2 is 1.56 bits per heavy atom. The van der Waals surface area contributed by atoms with Crippen LogP contribution in [0, 0.1) is 0 Å². The Bertz CT molecular complexity index is 634. The third-order valence-electron chi connectivity index (χ3n) is 3.53. The first kappa shape index (κ1) is 22.2. The van der Waals surface area contributed by atoms with E-state index in [1.165, 1.54) is 7.11 Å². The van der Waals surface area contributed by atoms with Crippen LogP contribution in [0.15, 0.2) is 36.4 Å². The molecule has 0 spiro atoms. The molecule has 1 aromatic rings. The lowest BCUT2D eigenvalue weighted by Gasteiger charge is -2.08. The molecule has 0 amide bonds. The van der Waals surface area contributed by atoms with Gasteiger partial charge >= 0.3 is 17.9 Å². The summed E-state index contributed by atoms with van der Waals surface area (Å²) < 4.78 is 19.8. The second-order valence-electron chi connectivity index (χ2n) is 5.86. The summed E-state index contributed by atoms with van der Waals surface area (Å²) in [6, 6.07) is 6.49. The van der Waals surface area contributed by atoms with Crippen molar-refractivity contribution in [3.63, 3.8) is 0 Å².